The summed E-state index contributed by atoms with van der Waals surface area (Å²) in [4.78, 5) is 26.4. The van der Waals surface area contributed by atoms with E-state index in [4.69, 9.17) is 21.1 Å². The molecule has 3 aromatic carbocycles. The van der Waals surface area contributed by atoms with Crippen LogP contribution >= 0.6 is 23.4 Å². The van der Waals surface area contributed by atoms with E-state index in [1.165, 1.54) is 0 Å². The molecular weight excluding hydrogens is 496 g/mol. The molecule has 0 aliphatic carbocycles. The highest BCUT2D eigenvalue weighted by Crippen LogP contribution is 2.29. The van der Waals surface area contributed by atoms with Crippen LogP contribution in [-0.4, -0.2) is 31.9 Å². The molecule has 0 aliphatic heterocycles. The topological polar surface area (TPSA) is 76.7 Å². The molecule has 0 aromatic heterocycles. The summed E-state index contributed by atoms with van der Waals surface area (Å²) >= 11 is 7.54. The summed E-state index contributed by atoms with van der Waals surface area (Å²) in [5.74, 6) is 1.91. The van der Waals surface area contributed by atoms with Crippen LogP contribution in [0, 0.1) is 5.41 Å². The molecule has 6 nitrogen and oxygen atoms in total. The maximum Gasteiger partial charge on any atom is 0.251 e. The average Bonchev–Trinajstić information content (AvgIpc) is 2.91. The first-order valence-electron chi connectivity index (χ1n) is 11.4. The van der Waals surface area contributed by atoms with Gasteiger partial charge in [-0.25, -0.2) is 0 Å². The molecule has 0 atom stereocenters. The predicted octanol–water partition coefficient (Wildman–Crippen LogP) is 6.13. The van der Waals surface area contributed by atoms with E-state index in [-0.39, 0.29) is 17.7 Å². The summed E-state index contributed by atoms with van der Waals surface area (Å²) < 4.78 is 10.6. The van der Waals surface area contributed by atoms with Crippen LogP contribution in [0.4, 0.5) is 5.69 Å². The molecule has 2 amide bonds. The van der Waals surface area contributed by atoms with E-state index < -0.39 is 5.41 Å². The van der Waals surface area contributed by atoms with Gasteiger partial charge in [-0.2, -0.15) is 0 Å². The molecule has 190 valence electrons. The molecule has 0 radical (unpaired) electrons. The van der Waals surface area contributed by atoms with Gasteiger partial charge < -0.3 is 20.1 Å². The van der Waals surface area contributed by atoms with Crippen molar-refractivity contribution in [2.45, 2.75) is 31.0 Å². The van der Waals surface area contributed by atoms with Crippen molar-refractivity contribution in [3.05, 3.63) is 83.4 Å². The van der Waals surface area contributed by atoms with E-state index in [1.807, 2.05) is 68.4 Å². The fourth-order valence-electron chi connectivity index (χ4n) is 3.28. The number of alkyl halides is 1. The molecule has 0 unspecified atom stereocenters. The lowest BCUT2D eigenvalue weighted by Crippen LogP contribution is -2.32. The van der Waals surface area contributed by atoms with E-state index >= 15 is 0 Å². The Morgan fingerprint density at radius 2 is 1.72 bits per heavy atom. The highest BCUT2D eigenvalue weighted by molar-refractivity contribution is 7.98. The minimum atomic E-state index is -0.667. The number of anilines is 1. The van der Waals surface area contributed by atoms with Crippen molar-refractivity contribution in [2.24, 2.45) is 5.41 Å². The number of halogens is 1. The zero-order valence-corrected chi connectivity index (χ0v) is 22.5. The monoisotopic (exact) mass is 526 g/mol. The summed E-state index contributed by atoms with van der Waals surface area (Å²) in [7, 11) is 3.18. The van der Waals surface area contributed by atoms with Crippen LogP contribution in [-0.2, 0) is 17.1 Å². The first-order chi connectivity index (χ1) is 17.3. The lowest BCUT2D eigenvalue weighted by atomic mass is 9.95. The van der Waals surface area contributed by atoms with Gasteiger partial charge in [0.15, 0.2) is 0 Å². The molecular formula is C28H31ClN2O4S. The maximum absolute atomic E-state index is 12.8. The lowest BCUT2D eigenvalue weighted by molar-refractivity contribution is -0.122. The van der Waals surface area contributed by atoms with E-state index in [9.17, 15) is 9.59 Å². The number of rotatable bonds is 11. The van der Waals surface area contributed by atoms with Crippen molar-refractivity contribution >= 4 is 40.9 Å². The van der Waals surface area contributed by atoms with Crippen molar-refractivity contribution in [1.29, 1.82) is 0 Å². The van der Waals surface area contributed by atoms with E-state index in [1.54, 1.807) is 38.1 Å². The van der Waals surface area contributed by atoms with Gasteiger partial charge in [0.25, 0.3) is 5.91 Å². The van der Waals surface area contributed by atoms with Gasteiger partial charge in [-0.05, 0) is 55.8 Å². The summed E-state index contributed by atoms with van der Waals surface area (Å²) in [5, 5.41) is 5.95. The van der Waals surface area contributed by atoms with Crippen LogP contribution in [0.25, 0.3) is 0 Å². The van der Waals surface area contributed by atoms with Crippen LogP contribution < -0.4 is 20.1 Å². The Hall–Kier alpha value is -3.16. The first-order valence-corrected chi connectivity index (χ1v) is 13.0. The van der Waals surface area contributed by atoms with Gasteiger partial charge in [-0.15, -0.1) is 23.4 Å². The third-order valence-electron chi connectivity index (χ3n) is 5.64. The summed E-state index contributed by atoms with van der Waals surface area (Å²) in [5.41, 5.74) is 2.50. The Morgan fingerprint density at radius 3 is 2.44 bits per heavy atom. The average molecular weight is 527 g/mol. The number of hydrogen-bond donors (Lipinski definition) is 2. The number of benzene rings is 3. The van der Waals surface area contributed by atoms with E-state index in [0.717, 1.165) is 21.7 Å². The molecule has 0 aliphatic rings. The van der Waals surface area contributed by atoms with Crippen molar-refractivity contribution < 1.29 is 19.1 Å². The number of amides is 2. The highest BCUT2D eigenvalue weighted by atomic mass is 35.5. The summed E-state index contributed by atoms with van der Waals surface area (Å²) in [6, 6.07) is 20.7. The van der Waals surface area contributed by atoms with Gasteiger partial charge in [0.1, 0.15) is 11.5 Å². The largest absolute Gasteiger partial charge is 0.497 e. The van der Waals surface area contributed by atoms with E-state index in [0.29, 0.717) is 29.4 Å². The molecule has 0 heterocycles. The zero-order valence-electron chi connectivity index (χ0n) is 20.9. The van der Waals surface area contributed by atoms with Crippen LogP contribution in [0.15, 0.2) is 71.6 Å². The van der Waals surface area contributed by atoms with Crippen LogP contribution in [0.5, 0.6) is 11.5 Å². The van der Waals surface area contributed by atoms with Crippen LogP contribution in [0.1, 0.15) is 35.3 Å². The summed E-state index contributed by atoms with van der Waals surface area (Å²) in [6.07, 6.45) is 0. The smallest absolute Gasteiger partial charge is 0.251 e. The molecule has 8 heteroatoms. The Bertz CT molecular complexity index is 1220. The highest BCUT2D eigenvalue weighted by Gasteiger charge is 2.27. The van der Waals surface area contributed by atoms with Gasteiger partial charge in [-0.3, -0.25) is 9.59 Å². The van der Waals surface area contributed by atoms with Crippen LogP contribution in [0.2, 0.25) is 0 Å². The van der Waals surface area contributed by atoms with Gasteiger partial charge in [0, 0.05) is 46.0 Å². The quantitative estimate of drug-likeness (QED) is 0.232. The molecule has 0 saturated carbocycles. The van der Waals surface area contributed by atoms with Crippen molar-refractivity contribution in [1.82, 2.24) is 5.32 Å². The number of ether oxygens (including phenoxy) is 2. The molecule has 0 bridgehead atoms. The number of carbonyl (C=O) groups is 2. The molecule has 0 saturated heterocycles. The Morgan fingerprint density at radius 1 is 0.944 bits per heavy atom. The molecule has 2 N–H and O–H groups in total. The van der Waals surface area contributed by atoms with Crippen LogP contribution in [0.3, 0.4) is 0 Å². The number of nitrogens with one attached hydrogen (secondary N) is 2. The van der Waals surface area contributed by atoms with Crippen molar-refractivity contribution in [2.75, 3.05) is 25.4 Å². The third kappa shape index (κ3) is 7.18. The van der Waals surface area contributed by atoms with Gasteiger partial charge in [0.05, 0.1) is 19.6 Å². The number of carbonyl (C=O) groups excluding carboxylic acids is 2. The van der Waals surface area contributed by atoms with E-state index in [2.05, 4.69) is 10.6 Å². The predicted molar refractivity (Wildman–Crippen MR) is 146 cm³/mol. The second-order valence-electron chi connectivity index (χ2n) is 8.81. The lowest BCUT2D eigenvalue weighted by Gasteiger charge is -2.21. The fraction of sp³-hybridized carbons (Fsp3) is 0.286. The third-order valence-corrected chi connectivity index (χ3v) is 7.35. The van der Waals surface area contributed by atoms with Crippen molar-refractivity contribution in [3.8, 4) is 11.5 Å². The minimum Gasteiger partial charge on any atom is -0.497 e. The number of methoxy groups -OCH3 is 2. The Kier molecular flexibility index (Phi) is 9.67. The molecule has 3 aromatic rings. The van der Waals surface area contributed by atoms with Gasteiger partial charge >= 0.3 is 0 Å². The minimum absolute atomic E-state index is 0.123. The zero-order chi connectivity index (χ0) is 26.1. The Labute approximate surface area is 221 Å². The number of thioether (sulfide) groups is 1. The first kappa shape index (κ1) is 27.4. The molecule has 0 spiro atoms. The second kappa shape index (κ2) is 12.7. The summed E-state index contributed by atoms with van der Waals surface area (Å²) in [6.45, 7) is 3.96. The molecule has 3 rings (SSSR count). The maximum atomic E-state index is 12.8. The SMILES string of the molecule is COc1ccc(CNC(=O)c2cccc(SCc3ccccc3NC(=O)C(C)(C)CCl)c2)c(OC)c1. The van der Waals surface area contributed by atoms with Gasteiger partial charge in [-0.1, -0.05) is 24.3 Å². The Balaban J connectivity index is 1.64. The fourth-order valence-corrected chi connectivity index (χ4v) is 4.36. The second-order valence-corrected chi connectivity index (χ2v) is 10.1. The number of hydrogen-bond acceptors (Lipinski definition) is 5. The number of para-hydroxylation sites is 1. The molecule has 0 fully saturated rings. The van der Waals surface area contributed by atoms with Crippen molar-refractivity contribution in [3.63, 3.8) is 0 Å². The standard InChI is InChI=1S/C28H31ClN2O4S/c1-28(2,18-29)27(33)31-24-11-6-5-8-21(24)17-36-23-10-7-9-19(14-23)26(32)30-16-20-12-13-22(34-3)15-25(20)35-4/h5-15H,16-18H2,1-4H3,(H,30,32)(H,31,33). The molecule has 36 heavy (non-hydrogen) atoms. The normalized spacial score (nSPS) is 11.0. The van der Waals surface area contributed by atoms with Gasteiger partial charge in [0.2, 0.25) is 5.91 Å².